The van der Waals surface area contributed by atoms with Crippen LogP contribution in [0.3, 0.4) is 0 Å². The predicted molar refractivity (Wildman–Crippen MR) is 221 cm³/mol. The lowest BCUT2D eigenvalue weighted by atomic mass is 9.63. The second-order valence-electron chi connectivity index (χ2n) is 18.1. The van der Waals surface area contributed by atoms with E-state index < -0.39 is 0 Å². The zero-order valence-corrected chi connectivity index (χ0v) is 31.5. The summed E-state index contributed by atoms with van der Waals surface area (Å²) >= 11 is 2.30. The van der Waals surface area contributed by atoms with Crippen LogP contribution in [0.5, 0.6) is 0 Å². The van der Waals surface area contributed by atoms with Gasteiger partial charge in [0.15, 0.2) is 0 Å². The van der Waals surface area contributed by atoms with Gasteiger partial charge in [0.05, 0.1) is 11.0 Å². The second-order valence-corrected chi connectivity index (χ2v) is 19.3. The summed E-state index contributed by atoms with van der Waals surface area (Å²) in [5.74, 6) is 4.75. The lowest BCUT2D eigenvalue weighted by molar-refractivity contribution is 0.0892. The maximum atomic E-state index is 2.72. The molecule has 0 bridgehead atoms. The van der Waals surface area contributed by atoms with Crippen LogP contribution in [0.15, 0.2) is 120 Å². The Morgan fingerprint density at radius 2 is 1.50 bits per heavy atom. The maximum Gasteiger partial charge on any atom is 0.0619 e. The summed E-state index contributed by atoms with van der Waals surface area (Å²) in [6, 6.07) is 37.4. The van der Waals surface area contributed by atoms with Crippen molar-refractivity contribution in [1.29, 1.82) is 0 Å². The fourth-order valence-electron chi connectivity index (χ4n) is 12.9. The van der Waals surface area contributed by atoms with Gasteiger partial charge in [-0.25, -0.2) is 0 Å². The summed E-state index contributed by atoms with van der Waals surface area (Å²) in [4.78, 5) is 1.63. The number of benzene rings is 5. The van der Waals surface area contributed by atoms with Gasteiger partial charge in [-0.15, -0.1) is 11.8 Å². The molecule has 1 nitrogen and oxygen atoms in total. The molecule has 6 aromatic rings. The Kier molecular flexibility index (Phi) is 6.19. The average Bonchev–Trinajstić information content (AvgIpc) is 3.87. The Bertz CT molecular complexity index is 2580. The van der Waals surface area contributed by atoms with Gasteiger partial charge in [0, 0.05) is 48.7 Å². The van der Waals surface area contributed by atoms with E-state index in [-0.39, 0.29) is 10.8 Å². The third kappa shape index (κ3) is 3.93. The third-order valence-corrected chi connectivity index (χ3v) is 16.8. The summed E-state index contributed by atoms with van der Waals surface area (Å²) in [5, 5.41) is 6.16. The summed E-state index contributed by atoms with van der Waals surface area (Å²) in [7, 11) is 0. The van der Waals surface area contributed by atoms with Crippen LogP contribution < -0.4 is 0 Å². The monoisotopic (exact) mass is 693 g/mol. The molecule has 0 spiro atoms. The molecular formula is C50H47NS. The minimum Gasteiger partial charge on any atom is -0.309 e. The van der Waals surface area contributed by atoms with E-state index in [9.17, 15) is 0 Å². The first kappa shape index (κ1) is 30.5. The highest BCUT2D eigenvalue weighted by Crippen LogP contribution is 2.68. The lowest BCUT2D eigenvalue weighted by Crippen LogP contribution is -2.34. The number of nitrogens with zero attached hydrogens (tertiary/aromatic N) is 1. The highest BCUT2D eigenvalue weighted by Gasteiger charge is 2.59. The van der Waals surface area contributed by atoms with Gasteiger partial charge >= 0.3 is 0 Å². The van der Waals surface area contributed by atoms with Gasteiger partial charge in [0.25, 0.3) is 0 Å². The first-order valence-electron chi connectivity index (χ1n) is 20.2. The molecule has 258 valence electrons. The van der Waals surface area contributed by atoms with Crippen molar-refractivity contribution in [2.45, 2.75) is 81.8 Å². The molecule has 7 atom stereocenters. The van der Waals surface area contributed by atoms with Gasteiger partial charge in [-0.2, -0.15) is 0 Å². The number of aromatic nitrogens is 1. The Morgan fingerprint density at radius 3 is 2.40 bits per heavy atom. The zero-order valence-electron chi connectivity index (χ0n) is 30.7. The van der Waals surface area contributed by atoms with Crippen LogP contribution in [0.4, 0.5) is 0 Å². The van der Waals surface area contributed by atoms with Crippen LogP contribution >= 0.6 is 11.8 Å². The molecule has 1 aromatic heterocycles. The molecule has 2 heteroatoms. The number of hydrogen-bond donors (Lipinski definition) is 0. The molecule has 5 aliphatic carbocycles. The number of hydrogen-bond acceptors (Lipinski definition) is 1. The van der Waals surface area contributed by atoms with E-state index in [0.717, 1.165) is 41.3 Å². The second kappa shape index (κ2) is 10.6. The molecule has 2 heterocycles. The summed E-state index contributed by atoms with van der Waals surface area (Å²) in [5.41, 5.74) is 12.6. The lowest BCUT2D eigenvalue weighted by Gasteiger charge is -2.43. The Labute approximate surface area is 312 Å². The molecule has 6 aliphatic rings. The number of fused-ring (bicyclic) bond motifs is 13. The van der Waals surface area contributed by atoms with Gasteiger partial charge in [-0.3, -0.25) is 0 Å². The Morgan fingerprint density at radius 1 is 0.692 bits per heavy atom. The number of allylic oxidation sites excluding steroid dienone is 3. The van der Waals surface area contributed by atoms with E-state index in [2.05, 4.69) is 146 Å². The SMILES string of the molecule is CC1(c2ccc3c(c2)c2ccc4ccccc4c2n3-c2ccc3c(c2)C(C)(C)c2ccccc2-3)C=C2SC3C4CCCC5CCCC(C3C2=CC1)C54. The fourth-order valence-corrected chi connectivity index (χ4v) is 14.8. The van der Waals surface area contributed by atoms with Crippen LogP contribution in [-0.2, 0) is 10.8 Å². The van der Waals surface area contributed by atoms with Gasteiger partial charge in [-0.05, 0) is 106 Å². The molecule has 3 saturated carbocycles. The van der Waals surface area contributed by atoms with Crippen molar-refractivity contribution in [3.8, 4) is 16.8 Å². The number of rotatable bonds is 2. The van der Waals surface area contributed by atoms with Gasteiger partial charge in [0.1, 0.15) is 0 Å². The van der Waals surface area contributed by atoms with Crippen LogP contribution in [0.1, 0.15) is 82.4 Å². The fraction of sp³-hybridized carbons (Fsp3) is 0.360. The van der Waals surface area contributed by atoms with Crippen LogP contribution in [0, 0.1) is 29.6 Å². The molecule has 0 amide bonds. The highest BCUT2D eigenvalue weighted by molar-refractivity contribution is 8.04. The normalized spacial score (nSPS) is 30.8. The van der Waals surface area contributed by atoms with Crippen molar-refractivity contribution in [2.75, 3.05) is 0 Å². The molecule has 12 rings (SSSR count). The van der Waals surface area contributed by atoms with E-state index in [0.29, 0.717) is 0 Å². The average molecular weight is 694 g/mol. The van der Waals surface area contributed by atoms with Crippen molar-refractivity contribution in [2.24, 2.45) is 29.6 Å². The highest BCUT2D eigenvalue weighted by atomic mass is 32.2. The molecule has 0 N–H and O–H groups in total. The van der Waals surface area contributed by atoms with Crippen molar-refractivity contribution in [3.63, 3.8) is 0 Å². The molecule has 0 radical (unpaired) electrons. The third-order valence-electron chi connectivity index (χ3n) is 15.2. The van der Waals surface area contributed by atoms with Crippen LogP contribution in [0.25, 0.3) is 49.4 Å². The number of thioether (sulfide) groups is 1. The standard InChI is InChI=1S/C50H47NS/c1-49(2)41-17-7-6-14-34(41)35-22-20-32(27-42(35)49)51-43-23-19-31(26-40(43)36-21-18-29-10-4-5-13-33(29)47(36)51)50(3)25-24-37-44(28-50)52-48-39-16-9-12-30-11-8-15-38(45(30)39)46(37)48/h4-7,10,13-14,17-24,26-28,30,38-39,45-46,48H,8-9,11-12,15-16,25H2,1-3H3. The van der Waals surface area contributed by atoms with E-state index in [4.69, 9.17) is 0 Å². The van der Waals surface area contributed by atoms with E-state index >= 15 is 0 Å². The Balaban J connectivity index is 0.995. The topological polar surface area (TPSA) is 4.93 Å². The van der Waals surface area contributed by atoms with Crippen molar-refractivity contribution in [1.82, 2.24) is 4.57 Å². The smallest absolute Gasteiger partial charge is 0.0619 e. The van der Waals surface area contributed by atoms with E-state index in [1.165, 1.54) is 105 Å². The molecule has 7 unspecified atom stereocenters. The first-order chi connectivity index (χ1) is 25.4. The molecule has 52 heavy (non-hydrogen) atoms. The first-order valence-corrected chi connectivity index (χ1v) is 21.1. The van der Waals surface area contributed by atoms with E-state index in [1.54, 1.807) is 10.5 Å². The van der Waals surface area contributed by atoms with Crippen LogP contribution in [-0.4, -0.2) is 9.82 Å². The van der Waals surface area contributed by atoms with Crippen molar-refractivity contribution >= 4 is 44.3 Å². The molecule has 4 fully saturated rings. The summed E-state index contributed by atoms with van der Waals surface area (Å²) in [6.45, 7) is 7.30. The van der Waals surface area contributed by atoms with Crippen molar-refractivity contribution < 1.29 is 0 Å². The van der Waals surface area contributed by atoms with Gasteiger partial charge in [-0.1, -0.05) is 131 Å². The van der Waals surface area contributed by atoms with Gasteiger partial charge < -0.3 is 4.57 Å². The predicted octanol–water partition coefficient (Wildman–Crippen LogP) is 13.3. The van der Waals surface area contributed by atoms with Crippen molar-refractivity contribution in [3.05, 3.63) is 136 Å². The maximum absolute atomic E-state index is 2.72. The minimum absolute atomic E-state index is 0.00559. The van der Waals surface area contributed by atoms with E-state index in [1.807, 2.05) is 0 Å². The summed E-state index contributed by atoms with van der Waals surface area (Å²) in [6.07, 6.45) is 15.5. The summed E-state index contributed by atoms with van der Waals surface area (Å²) < 4.78 is 2.57. The van der Waals surface area contributed by atoms with Gasteiger partial charge in [0.2, 0.25) is 0 Å². The minimum atomic E-state index is -0.0429. The Hall–Kier alpha value is -4.01. The quantitative estimate of drug-likeness (QED) is 0.175. The molecule has 1 saturated heterocycles. The molecular weight excluding hydrogens is 647 g/mol. The van der Waals surface area contributed by atoms with Crippen LogP contribution in [0.2, 0.25) is 0 Å². The zero-order chi connectivity index (χ0) is 34.5. The molecule has 5 aromatic carbocycles. The molecule has 1 aliphatic heterocycles. The largest absolute Gasteiger partial charge is 0.309 e.